The molecular formula is C12H13N4O3. The summed E-state index contributed by atoms with van der Waals surface area (Å²) in [5.74, 6) is -0.467. The van der Waals surface area contributed by atoms with Gasteiger partial charge in [0.1, 0.15) is 5.82 Å². The van der Waals surface area contributed by atoms with Crippen LogP contribution in [-0.2, 0) is 9.59 Å². The van der Waals surface area contributed by atoms with Crippen molar-refractivity contribution in [2.45, 2.75) is 12.6 Å². The lowest BCUT2D eigenvalue weighted by Gasteiger charge is -2.34. The molecule has 1 aromatic heterocycles. The average Bonchev–Trinajstić information content (AvgIpc) is 2.39. The Bertz CT molecular complexity index is 503. The van der Waals surface area contributed by atoms with Gasteiger partial charge in [0.15, 0.2) is 5.66 Å². The largest absolute Gasteiger partial charge is 0.352 e. The van der Waals surface area contributed by atoms with Gasteiger partial charge in [-0.25, -0.2) is 9.78 Å². The topological polar surface area (TPSA) is 105 Å². The number of rotatable bonds is 5. The first-order valence-corrected chi connectivity index (χ1v) is 5.29. The second-order valence-electron chi connectivity index (χ2n) is 3.73. The zero-order valence-corrected chi connectivity index (χ0v) is 10.3. The van der Waals surface area contributed by atoms with Gasteiger partial charge in [0.05, 0.1) is 0 Å². The van der Waals surface area contributed by atoms with Crippen molar-refractivity contribution in [2.75, 3.05) is 4.90 Å². The van der Waals surface area contributed by atoms with Crippen LogP contribution < -0.4 is 16.0 Å². The number of nitrogens with zero attached hydrogens (tertiary/aromatic N) is 2. The van der Waals surface area contributed by atoms with Crippen LogP contribution in [0.2, 0.25) is 0 Å². The molecule has 0 spiro atoms. The highest BCUT2D eigenvalue weighted by atomic mass is 16.2. The predicted octanol–water partition coefficient (Wildman–Crippen LogP) is 0.0948. The third kappa shape index (κ3) is 3.15. The predicted molar refractivity (Wildman–Crippen MR) is 68.7 cm³/mol. The summed E-state index contributed by atoms with van der Waals surface area (Å²) in [5, 5.41) is 2.15. The first-order chi connectivity index (χ1) is 8.94. The summed E-state index contributed by atoms with van der Waals surface area (Å²) in [6, 6.07) is 3.80. The average molecular weight is 261 g/mol. The second-order valence-corrected chi connectivity index (χ2v) is 3.73. The van der Waals surface area contributed by atoms with E-state index < -0.39 is 17.6 Å². The molecule has 0 aliphatic heterocycles. The number of carbonyl (C=O) groups excluding carboxylic acids is 3. The number of nitrogens with two attached hydrogens (primary N) is 1. The number of urea groups is 1. The number of carbonyl (C=O) groups is 2. The number of amides is 3. The van der Waals surface area contributed by atoms with E-state index in [4.69, 9.17) is 5.73 Å². The fraction of sp³-hybridized carbons (Fsp3) is 0.167. The Morgan fingerprint density at radius 3 is 2.68 bits per heavy atom. The Hall–Kier alpha value is -2.70. The fourth-order valence-electron chi connectivity index (χ4n) is 1.51. The Morgan fingerprint density at radius 1 is 1.58 bits per heavy atom. The lowest BCUT2D eigenvalue weighted by atomic mass is 10.1. The molecular weight excluding hydrogens is 248 g/mol. The van der Waals surface area contributed by atoms with Crippen molar-refractivity contribution in [2.24, 2.45) is 5.73 Å². The van der Waals surface area contributed by atoms with E-state index in [0.29, 0.717) is 0 Å². The van der Waals surface area contributed by atoms with Gasteiger partial charge in [-0.2, -0.15) is 0 Å². The normalized spacial score (nSPS) is 12.9. The minimum absolute atomic E-state index is 0.159. The SMILES string of the molecule is C=CC(=O)N(c1ccccn1)C(C)([C]=O)NC(N)=O. The molecule has 1 aromatic rings. The van der Waals surface area contributed by atoms with Gasteiger partial charge in [-0.15, -0.1) is 0 Å². The number of aromatic nitrogens is 1. The molecule has 0 aromatic carbocycles. The van der Waals surface area contributed by atoms with Crippen LogP contribution in [0.3, 0.4) is 0 Å². The van der Waals surface area contributed by atoms with Crippen LogP contribution in [0, 0.1) is 0 Å². The summed E-state index contributed by atoms with van der Waals surface area (Å²) in [6.45, 7) is 4.62. The van der Waals surface area contributed by atoms with Crippen LogP contribution in [-0.4, -0.2) is 28.9 Å². The zero-order valence-electron chi connectivity index (χ0n) is 10.3. The molecule has 3 N–H and O–H groups in total. The Kier molecular flexibility index (Phi) is 4.36. The van der Waals surface area contributed by atoms with Crippen LogP contribution in [0.25, 0.3) is 0 Å². The number of primary amides is 1. The lowest BCUT2D eigenvalue weighted by molar-refractivity contribution is -0.115. The first kappa shape index (κ1) is 14.4. The molecule has 1 rings (SSSR count). The van der Waals surface area contributed by atoms with Crippen molar-refractivity contribution in [1.82, 2.24) is 10.3 Å². The second kappa shape index (κ2) is 5.76. The third-order valence-corrected chi connectivity index (χ3v) is 2.29. The molecule has 0 fully saturated rings. The molecule has 1 radical (unpaired) electrons. The summed E-state index contributed by atoms with van der Waals surface area (Å²) >= 11 is 0. The first-order valence-electron chi connectivity index (χ1n) is 5.29. The van der Waals surface area contributed by atoms with Crippen molar-refractivity contribution in [3.8, 4) is 0 Å². The van der Waals surface area contributed by atoms with Crippen LogP contribution in [0.1, 0.15) is 6.92 Å². The van der Waals surface area contributed by atoms with E-state index in [1.165, 1.54) is 19.2 Å². The van der Waals surface area contributed by atoms with Crippen LogP contribution in [0.5, 0.6) is 0 Å². The lowest BCUT2D eigenvalue weighted by Crippen LogP contribution is -2.63. The van der Waals surface area contributed by atoms with Gasteiger partial charge in [0, 0.05) is 6.20 Å². The maximum absolute atomic E-state index is 11.9. The van der Waals surface area contributed by atoms with Crippen molar-refractivity contribution in [3.63, 3.8) is 0 Å². The van der Waals surface area contributed by atoms with Gasteiger partial charge in [-0.1, -0.05) is 12.6 Å². The smallest absolute Gasteiger partial charge is 0.314 e. The van der Waals surface area contributed by atoms with Gasteiger partial charge < -0.3 is 11.1 Å². The van der Waals surface area contributed by atoms with E-state index in [2.05, 4.69) is 16.9 Å². The molecule has 1 heterocycles. The maximum Gasteiger partial charge on any atom is 0.314 e. The summed E-state index contributed by atoms with van der Waals surface area (Å²) < 4.78 is 0. The standard InChI is InChI=1S/C12H13N4O3/c1-3-10(18)16(9-6-4-5-7-14-9)12(2,8-17)15-11(13)19/h3-7H,1H2,2H3,(H3,13,15,19). The molecule has 0 saturated carbocycles. The molecule has 0 bridgehead atoms. The molecule has 0 aliphatic carbocycles. The van der Waals surface area contributed by atoms with Gasteiger partial charge in [0.2, 0.25) is 6.29 Å². The van der Waals surface area contributed by atoms with Gasteiger partial charge in [0.25, 0.3) is 5.91 Å². The van der Waals surface area contributed by atoms with Crippen molar-refractivity contribution < 1.29 is 14.4 Å². The van der Waals surface area contributed by atoms with Gasteiger partial charge in [-0.05, 0) is 25.1 Å². The molecule has 1 atom stereocenters. The number of anilines is 1. The van der Waals surface area contributed by atoms with Crippen molar-refractivity contribution in [1.29, 1.82) is 0 Å². The van der Waals surface area contributed by atoms with Crippen molar-refractivity contribution in [3.05, 3.63) is 37.1 Å². The highest BCUT2D eigenvalue weighted by Gasteiger charge is 2.38. The van der Waals surface area contributed by atoms with E-state index in [1.54, 1.807) is 18.4 Å². The van der Waals surface area contributed by atoms with Gasteiger partial charge >= 0.3 is 6.03 Å². The molecule has 99 valence electrons. The van der Waals surface area contributed by atoms with Gasteiger partial charge in [-0.3, -0.25) is 14.5 Å². The maximum atomic E-state index is 11.9. The molecule has 3 amide bonds. The van der Waals surface area contributed by atoms with E-state index >= 15 is 0 Å². The minimum Gasteiger partial charge on any atom is -0.352 e. The van der Waals surface area contributed by atoms with E-state index in [0.717, 1.165) is 11.0 Å². The monoisotopic (exact) mass is 261 g/mol. The summed E-state index contributed by atoms with van der Waals surface area (Å²) in [4.78, 5) is 38.9. The van der Waals surface area contributed by atoms with E-state index in [-0.39, 0.29) is 5.82 Å². The summed E-state index contributed by atoms with van der Waals surface area (Å²) in [7, 11) is 0. The van der Waals surface area contributed by atoms with E-state index in [1.807, 2.05) is 0 Å². The Balaban J connectivity index is 3.30. The van der Waals surface area contributed by atoms with Crippen molar-refractivity contribution >= 4 is 24.0 Å². The number of nitrogens with one attached hydrogen (secondary N) is 1. The fourth-order valence-corrected chi connectivity index (χ4v) is 1.51. The van der Waals surface area contributed by atoms with Crippen LogP contribution >= 0.6 is 0 Å². The number of hydrogen-bond donors (Lipinski definition) is 2. The molecule has 0 saturated heterocycles. The van der Waals surface area contributed by atoms with E-state index in [9.17, 15) is 14.4 Å². The quantitative estimate of drug-likeness (QED) is 0.579. The molecule has 0 aliphatic rings. The highest BCUT2D eigenvalue weighted by molar-refractivity contribution is 6.05. The molecule has 1 unspecified atom stereocenters. The summed E-state index contributed by atoms with van der Waals surface area (Å²) in [5.41, 5.74) is 3.23. The van der Waals surface area contributed by atoms with Crippen LogP contribution in [0.15, 0.2) is 37.1 Å². The minimum atomic E-state index is -1.77. The van der Waals surface area contributed by atoms with Crippen LogP contribution in [0.4, 0.5) is 10.6 Å². The summed E-state index contributed by atoms with van der Waals surface area (Å²) in [6.07, 6.45) is 4.01. The Labute approximate surface area is 110 Å². The number of pyridine rings is 1. The zero-order chi connectivity index (χ0) is 14.5. The molecule has 7 heteroatoms. The third-order valence-electron chi connectivity index (χ3n) is 2.29. The highest BCUT2D eigenvalue weighted by Crippen LogP contribution is 2.19. The number of hydrogen-bond acceptors (Lipinski definition) is 4. The molecule has 7 nitrogen and oxygen atoms in total. The Morgan fingerprint density at radius 2 is 2.26 bits per heavy atom. The molecule has 19 heavy (non-hydrogen) atoms.